The number of likely N-dealkylation sites (tertiary alicyclic amines) is 1. The molecule has 2 atom stereocenters. The summed E-state index contributed by atoms with van der Waals surface area (Å²) in [7, 11) is 0. The number of β-amino-alcohol motifs (C(OH)–C–C–N with tert-alkyl or cyclic N) is 1. The quantitative estimate of drug-likeness (QED) is 0.836. The van der Waals surface area contributed by atoms with Crippen molar-refractivity contribution in [2.24, 2.45) is 0 Å². The first-order valence-corrected chi connectivity index (χ1v) is 6.02. The van der Waals surface area contributed by atoms with Crippen molar-refractivity contribution in [2.75, 3.05) is 6.54 Å². The highest BCUT2D eigenvalue weighted by Gasteiger charge is 2.36. The summed E-state index contributed by atoms with van der Waals surface area (Å²) >= 11 is 0. The van der Waals surface area contributed by atoms with E-state index in [1.807, 2.05) is 0 Å². The molecule has 1 fully saturated rings. The molecule has 0 bridgehead atoms. The smallest absolute Gasteiger partial charge is 0.416 e. The van der Waals surface area contributed by atoms with Crippen LogP contribution in [0.15, 0.2) is 30.3 Å². The summed E-state index contributed by atoms with van der Waals surface area (Å²) in [6.45, 7) is -0.0252. The molecule has 1 saturated heterocycles. The zero-order valence-electron chi connectivity index (χ0n) is 10.2. The summed E-state index contributed by atoms with van der Waals surface area (Å²) in [5.41, 5.74) is 0. The van der Waals surface area contributed by atoms with Crippen molar-refractivity contribution in [2.45, 2.75) is 25.0 Å². The van der Waals surface area contributed by atoms with E-state index in [4.69, 9.17) is 9.84 Å². The number of benzene rings is 1. The zero-order valence-corrected chi connectivity index (χ0v) is 10.2. The third-order valence-corrected chi connectivity index (χ3v) is 3.02. The van der Waals surface area contributed by atoms with Gasteiger partial charge in [0.25, 0.3) is 0 Å². The first kappa shape index (κ1) is 13.4. The van der Waals surface area contributed by atoms with Gasteiger partial charge in [-0.2, -0.15) is 0 Å². The van der Waals surface area contributed by atoms with Crippen molar-refractivity contribution in [3.63, 3.8) is 0 Å². The van der Waals surface area contributed by atoms with Crippen LogP contribution in [0.25, 0.3) is 0 Å². The van der Waals surface area contributed by atoms with Gasteiger partial charge in [0.2, 0.25) is 0 Å². The van der Waals surface area contributed by atoms with Gasteiger partial charge in [-0.25, -0.2) is 9.59 Å². The molecule has 0 radical (unpaired) electrons. The van der Waals surface area contributed by atoms with E-state index >= 15 is 0 Å². The van der Waals surface area contributed by atoms with Gasteiger partial charge in [0, 0.05) is 0 Å². The molecule has 6 heteroatoms. The van der Waals surface area contributed by atoms with Crippen molar-refractivity contribution in [3.05, 3.63) is 30.3 Å². The van der Waals surface area contributed by atoms with Gasteiger partial charge in [-0.05, 0) is 25.0 Å². The summed E-state index contributed by atoms with van der Waals surface area (Å²) in [6, 6.07) is 7.47. The van der Waals surface area contributed by atoms with Crippen LogP contribution in [-0.4, -0.2) is 45.9 Å². The van der Waals surface area contributed by atoms with E-state index < -0.39 is 24.2 Å². The Bertz CT molecular complexity index is 461. The highest BCUT2D eigenvalue weighted by molar-refractivity contribution is 5.81. The molecule has 1 heterocycles. The number of carbonyl (C=O) groups excluding carboxylic acids is 1. The number of amides is 1. The monoisotopic (exact) mass is 265 g/mol. The largest absolute Gasteiger partial charge is 0.480 e. The SMILES string of the molecule is O=C(O)[C@@H]1CC[C@H](O)CN1C(=O)Oc1ccccc1. The van der Waals surface area contributed by atoms with E-state index in [0.29, 0.717) is 12.2 Å². The Morgan fingerprint density at radius 2 is 1.89 bits per heavy atom. The number of aliphatic hydroxyl groups is 1. The standard InChI is InChI=1S/C13H15NO5/c15-9-6-7-11(12(16)17)14(8-9)13(18)19-10-4-2-1-3-5-10/h1-5,9,11,15H,6-8H2,(H,16,17)/t9-,11-/m0/s1. The number of aliphatic hydroxyl groups excluding tert-OH is 1. The highest BCUT2D eigenvalue weighted by atomic mass is 16.6. The molecule has 102 valence electrons. The lowest BCUT2D eigenvalue weighted by Crippen LogP contribution is -2.53. The average Bonchev–Trinajstić information content (AvgIpc) is 2.39. The first-order valence-electron chi connectivity index (χ1n) is 6.02. The molecule has 1 aromatic rings. The minimum absolute atomic E-state index is 0.0252. The van der Waals surface area contributed by atoms with Crippen LogP contribution in [0.3, 0.4) is 0 Å². The molecule has 0 unspecified atom stereocenters. The topological polar surface area (TPSA) is 87.1 Å². The second kappa shape index (κ2) is 5.71. The summed E-state index contributed by atoms with van der Waals surface area (Å²) in [4.78, 5) is 24.1. The molecular formula is C13H15NO5. The van der Waals surface area contributed by atoms with Gasteiger partial charge in [0.05, 0.1) is 12.6 Å². The Kier molecular flexibility index (Phi) is 4.01. The maximum absolute atomic E-state index is 12.0. The lowest BCUT2D eigenvalue weighted by Gasteiger charge is -2.34. The molecular weight excluding hydrogens is 250 g/mol. The van der Waals surface area contributed by atoms with Crippen molar-refractivity contribution >= 4 is 12.1 Å². The summed E-state index contributed by atoms with van der Waals surface area (Å²) in [6.07, 6.45) is -0.872. The maximum atomic E-state index is 12.0. The van der Waals surface area contributed by atoms with E-state index in [0.717, 1.165) is 4.90 Å². The van der Waals surface area contributed by atoms with Crippen LogP contribution in [0.5, 0.6) is 5.75 Å². The van der Waals surface area contributed by atoms with Crippen LogP contribution in [0, 0.1) is 0 Å². The summed E-state index contributed by atoms with van der Waals surface area (Å²) in [5, 5.41) is 18.6. The molecule has 1 aliphatic rings. The highest BCUT2D eigenvalue weighted by Crippen LogP contribution is 2.20. The molecule has 1 amide bonds. The molecule has 6 nitrogen and oxygen atoms in total. The minimum Gasteiger partial charge on any atom is -0.480 e. The molecule has 0 saturated carbocycles. The summed E-state index contributed by atoms with van der Waals surface area (Å²) in [5.74, 6) is -0.742. The van der Waals surface area contributed by atoms with Crippen LogP contribution >= 0.6 is 0 Å². The number of rotatable bonds is 2. The lowest BCUT2D eigenvalue weighted by molar-refractivity contribution is -0.144. The van der Waals surface area contributed by atoms with E-state index in [2.05, 4.69) is 0 Å². The second-order valence-electron chi connectivity index (χ2n) is 4.42. The van der Waals surface area contributed by atoms with Gasteiger partial charge < -0.3 is 14.9 Å². The van der Waals surface area contributed by atoms with Crippen molar-refractivity contribution in [1.29, 1.82) is 0 Å². The van der Waals surface area contributed by atoms with Crippen LogP contribution < -0.4 is 4.74 Å². The summed E-state index contributed by atoms with van der Waals surface area (Å²) < 4.78 is 5.10. The first-order chi connectivity index (χ1) is 9.08. The Morgan fingerprint density at radius 3 is 2.53 bits per heavy atom. The Labute approximate surface area is 110 Å². The van der Waals surface area contributed by atoms with E-state index in [9.17, 15) is 14.7 Å². The number of hydrogen-bond acceptors (Lipinski definition) is 4. The van der Waals surface area contributed by atoms with Crippen molar-refractivity contribution in [3.8, 4) is 5.75 Å². The van der Waals surface area contributed by atoms with Crippen LogP contribution in [0.2, 0.25) is 0 Å². The van der Waals surface area contributed by atoms with E-state index in [-0.39, 0.29) is 13.0 Å². The molecule has 0 spiro atoms. The third kappa shape index (κ3) is 3.23. The molecule has 19 heavy (non-hydrogen) atoms. The fraction of sp³-hybridized carbons (Fsp3) is 0.385. The van der Waals surface area contributed by atoms with E-state index in [1.54, 1.807) is 30.3 Å². The number of carboxylic acid groups (broad SMARTS) is 1. The van der Waals surface area contributed by atoms with Crippen molar-refractivity contribution in [1.82, 2.24) is 4.90 Å². The molecule has 1 aliphatic heterocycles. The predicted molar refractivity (Wildman–Crippen MR) is 65.8 cm³/mol. The number of aliphatic carboxylic acids is 1. The van der Waals surface area contributed by atoms with Gasteiger partial charge in [0.1, 0.15) is 11.8 Å². The number of nitrogens with zero attached hydrogens (tertiary/aromatic N) is 1. The van der Waals surface area contributed by atoms with E-state index in [1.165, 1.54) is 0 Å². The van der Waals surface area contributed by atoms with Crippen LogP contribution in [0.4, 0.5) is 4.79 Å². The van der Waals surface area contributed by atoms with Crippen LogP contribution in [-0.2, 0) is 4.79 Å². The molecule has 0 aromatic heterocycles. The van der Waals surface area contributed by atoms with Gasteiger partial charge >= 0.3 is 12.1 Å². The Balaban J connectivity index is 2.08. The van der Waals surface area contributed by atoms with Crippen LogP contribution in [0.1, 0.15) is 12.8 Å². The average molecular weight is 265 g/mol. The number of ether oxygens (including phenoxy) is 1. The number of piperidine rings is 1. The number of carbonyl (C=O) groups is 2. The fourth-order valence-electron chi connectivity index (χ4n) is 2.06. The Hall–Kier alpha value is -2.08. The van der Waals surface area contributed by atoms with Gasteiger partial charge in [0.15, 0.2) is 0 Å². The maximum Gasteiger partial charge on any atom is 0.416 e. The minimum atomic E-state index is -1.09. The number of para-hydroxylation sites is 1. The Morgan fingerprint density at radius 1 is 1.21 bits per heavy atom. The number of hydrogen-bond donors (Lipinski definition) is 2. The second-order valence-corrected chi connectivity index (χ2v) is 4.42. The van der Waals surface area contributed by atoms with Gasteiger partial charge in [-0.3, -0.25) is 4.90 Å². The molecule has 2 rings (SSSR count). The lowest BCUT2D eigenvalue weighted by atomic mass is 10.0. The molecule has 2 N–H and O–H groups in total. The predicted octanol–water partition coefficient (Wildman–Crippen LogP) is 1.10. The van der Waals surface area contributed by atoms with Crippen molar-refractivity contribution < 1.29 is 24.5 Å². The molecule has 0 aliphatic carbocycles. The zero-order chi connectivity index (χ0) is 13.8. The van der Waals surface area contributed by atoms with Gasteiger partial charge in [-0.1, -0.05) is 18.2 Å². The fourth-order valence-corrected chi connectivity index (χ4v) is 2.06. The molecule has 1 aromatic carbocycles. The normalized spacial score (nSPS) is 22.9. The van der Waals surface area contributed by atoms with Gasteiger partial charge in [-0.15, -0.1) is 0 Å². The third-order valence-electron chi connectivity index (χ3n) is 3.02. The number of carboxylic acids is 1.